The fourth-order valence-corrected chi connectivity index (χ4v) is 5.25. The highest BCUT2D eigenvalue weighted by Crippen LogP contribution is 2.30. The molecule has 1 unspecified atom stereocenters. The third-order valence-electron chi connectivity index (χ3n) is 7.20. The molecule has 2 heterocycles. The van der Waals surface area contributed by atoms with Crippen molar-refractivity contribution in [1.29, 1.82) is 5.26 Å². The fraction of sp³-hybridized carbons (Fsp3) is 0.577. The third kappa shape index (κ3) is 6.02. The monoisotopic (exact) mass is 495 g/mol. The number of carbonyl (C=O) groups excluding carboxylic acids is 4. The van der Waals surface area contributed by atoms with E-state index in [2.05, 4.69) is 10.6 Å². The summed E-state index contributed by atoms with van der Waals surface area (Å²) in [6.07, 6.45) is 5.06. The molecule has 0 radical (unpaired) electrons. The Balaban J connectivity index is 1.48. The second-order valence-electron chi connectivity index (χ2n) is 9.84. The highest BCUT2D eigenvalue weighted by molar-refractivity contribution is 6.18. The van der Waals surface area contributed by atoms with Crippen LogP contribution in [0.1, 0.15) is 51.4 Å². The van der Waals surface area contributed by atoms with Gasteiger partial charge in [-0.2, -0.15) is 5.26 Å². The van der Waals surface area contributed by atoms with Gasteiger partial charge >= 0.3 is 6.03 Å². The van der Waals surface area contributed by atoms with E-state index in [0.29, 0.717) is 38.4 Å². The summed E-state index contributed by atoms with van der Waals surface area (Å²) < 4.78 is 5.31. The number of rotatable bonds is 6. The number of anilines is 1. The molecule has 1 aliphatic carbocycles. The number of nitriles is 1. The lowest BCUT2D eigenvalue weighted by molar-refractivity contribution is -0.132. The van der Waals surface area contributed by atoms with Crippen molar-refractivity contribution in [2.45, 2.75) is 62.9 Å². The standard InChI is InChI=1S/C26H33N5O5/c27-18-26(16-22(32)31(23(33)17-26)20-9-5-2-6-10-20)29-24(34)21(15-19-7-3-1-4-8-19)28-25(35)30-11-13-36-14-12-30/h2,5-6,9-10,19,21H,1,3-4,7-8,11-17H2,(H,28,35)(H,29,34). The Morgan fingerprint density at radius 1 is 1.06 bits per heavy atom. The summed E-state index contributed by atoms with van der Waals surface area (Å²) >= 11 is 0. The Morgan fingerprint density at radius 3 is 2.31 bits per heavy atom. The molecule has 2 saturated heterocycles. The van der Waals surface area contributed by atoms with Crippen LogP contribution in [0.15, 0.2) is 30.3 Å². The summed E-state index contributed by atoms with van der Waals surface area (Å²) in [6.45, 7) is 1.74. The average molecular weight is 496 g/mol. The molecule has 3 aliphatic rings. The molecule has 0 aromatic heterocycles. The van der Waals surface area contributed by atoms with Gasteiger partial charge in [-0.25, -0.2) is 4.79 Å². The van der Waals surface area contributed by atoms with Crippen LogP contribution in [0.4, 0.5) is 10.5 Å². The largest absolute Gasteiger partial charge is 0.378 e. The first-order valence-electron chi connectivity index (χ1n) is 12.7. The van der Waals surface area contributed by atoms with Crippen molar-refractivity contribution >= 4 is 29.4 Å². The number of amides is 5. The topological polar surface area (TPSA) is 132 Å². The van der Waals surface area contributed by atoms with Crippen LogP contribution in [0, 0.1) is 17.2 Å². The average Bonchev–Trinajstić information content (AvgIpc) is 2.89. The molecule has 10 heteroatoms. The molecule has 0 bridgehead atoms. The second kappa shape index (κ2) is 11.5. The smallest absolute Gasteiger partial charge is 0.318 e. The van der Waals surface area contributed by atoms with E-state index >= 15 is 0 Å². The molecule has 192 valence electrons. The van der Waals surface area contributed by atoms with Crippen molar-refractivity contribution in [1.82, 2.24) is 15.5 Å². The summed E-state index contributed by atoms with van der Waals surface area (Å²) in [5.41, 5.74) is -1.23. The van der Waals surface area contributed by atoms with E-state index in [4.69, 9.17) is 4.74 Å². The Kier molecular flexibility index (Phi) is 8.21. The number of carbonyl (C=O) groups is 4. The van der Waals surface area contributed by atoms with Crippen LogP contribution in [0.3, 0.4) is 0 Å². The van der Waals surface area contributed by atoms with Gasteiger partial charge in [0.1, 0.15) is 11.6 Å². The number of benzene rings is 1. The minimum Gasteiger partial charge on any atom is -0.378 e. The summed E-state index contributed by atoms with van der Waals surface area (Å²) in [5.74, 6) is -1.38. The van der Waals surface area contributed by atoms with Crippen LogP contribution in [0.5, 0.6) is 0 Å². The van der Waals surface area contributed by atoms with E-state index in [-0.39, 0.29) is 24.8 Å². The molecular weight excluding hydrogens is 462 g/mol. The normalized spacial score (nSPS) is 21.4. The van der Waals surface area contributed by atoms with Gasteiger partial charge in [0.2, 0.25) is 17.7 Å². The summed E-state index contributed by atoms with van der Waals surface area (Å²) in [7, 11) is 0. The van der Waals surface area contributed by atoms with E-state index in [9.17, 15) is 24.4 Å². The fourth-order valence-electron chi connectivity index (χ4n) is 5.25. The van der Waals surface area contributed by atoms with E-state index < -0.39 is 29.3 Å². The number of ether oxygens (including phenoxy) is 1. The lowest BCUT2D eigenvalue weighted by Gasteiger charge is -2.37. The van der Waals surface area contributed by atoms with Gasteiger partial charge in [-0.1, -0.05) is 50.3 Å². The Morgan fingerprint density at radius 2 is 1.69 bits per heavy atom. The molecule has 1 saturated carbocycles. The molecular formula is C26H33N5O5. The first-order chi connectivity index (χ1) is 17.4. The minimum atomic E-state index is -1.66. The molecule has 2 aliphatic heterocycles. The number of morpholine rings is 1. The maximum atomic E-state index is 13.5. The summed E-state index contributed by atoms with van der Waals surface area (Å²) in [4.78, 5) is 54.9. The first-order valence-corrected chi connectivity index (χ1v) is 12.7. The van der Waals surface area contributed by atoms with Gasteiger partial charge in [0.05, 0.1) is 37.8 Å². The SMILES string of the molecule is N#CC1(NC(=O)C(CC2CCCCC2)NC(=O)N2CCOCC2)CC(=O)N(c2ccccc2)C(=O)C1. The lowest BCUT2D eigenvalue weighted by Crippen LogP contribution is -2.62. The number of urea groups is 1. The lowest BCUT2D eigenvalue weighted by atomic mass is 9.83. The number of hydrogen-bond donors (Lipinski definition) is 2. The molecule has 1 atom stereocenters. The molecule has 10 nitrogen and oxygen atoms in total. The van der Waals surface area contributed by atoms with Crippen LogP contribution >= 0.6 is 0 Å². The van der Waals surface area contributed by atoms with Crippen LogP contribution in [-0.4, -0.2) is 66.5 Å². The first kappa shape index (κ1) is 25.6. The molecule has 5 amide bonds. The van der Waals surface area contributed by atoms with Gasteiger partial charge in [-0.05, 0) is 24.5 Å². The number of piperidine rings is 1. The highest BCUT2D eigenvalue weighted by Gasteiger charge is 2.47. The number of hydrogen-bond acceptors (Lipinski definition) is 6. The Labute approximate surface area is 210 Å². The maximum Gasteiger partial charge on any atom is 0.318 e. The van der Waals surface area contributed by atoms with E-state index in [1.54, 1.807) is 35.2 Å². The molecule has 36 heavy (non-hydrogen) atoms. The van der Waals surface area contributed by atoms with Crippen LogP contribution in [0.2, 0.25) is 0 Å². The van der Waals surface area contributed by atoms with E-state index in [0.717, 1.165) is 37.0 Å². The zero-order chi connectivity index (χ0) is 25.5. The van der Waals surface area contributed by atoms with Crippen LogP contribution in [0.25, 0.3) is 0 Å². The van der Waals surface area contributed by atoms with E-state index in [1.165, 1.54) is 0 Å². The predicted molar refractivity (Wildman–Crippen MR) is 131 cm³/mol. The van der Waals surface area contributed by atoms with Crippen molar-refractivity contribution in [3.63, 3.8) is 0 Å². The van der Waals surface area contributed by atoms with Crippen molar-refractivity contribution in [2.24, 2.45) is 5.92 Å². The summed E-state index contributed by atoms with van der Waals surface area (Å²) in [6, 6.07) is 9.30. The molecule has 2 N–H and O–H groups in total. The molecule has 1 aromatic carbocycles. The second-order valence-corrected chi connectivity index (χ2v) is 9.84. The zero-order valence-electron chi connectivity index (χ0n) is 20.4. The van der Waals surface area contributed by atoms with Gasteiger partial charge < -0.3 is 20.3 Å². The van der Waals surface area contributed by atoms with Crippen molar-refractivity contribution in [3.05, 3.63) is 30.3 Å². The highest BCUT2D eigenvalue weighted by atomic mass is 16.5. The molecule has 3 fully saturated rings. The number of para-hydroxylation sites is 1. The molecule has 1 aromatic rings. The number of nitrogens with one attached hydrogen (secondary N) is 2. The zero-order valence-corrected chi connectivity index (χ0v) is 20.4. The van der Waals surface area contributed by atoms with Gasteiger partial charge in [0.15, 0.2) is 0 Å². The van der Waals surface area contributed by atoms with E-state index in [1.807, 2.05) is 6.07 Å². The van der Waals surface area contributed by atoms with Crippen molar-refractivity contribution < 1.29 is 23.9 Å². The van der Waals surface area contributed by atoms with Crippen molar-refractivity contribution in [3.8, 4) is 6.07 Å². The molecule has 0 spiro atoms. The Hall–Kier alpha value is -3.45. The van der Waals surface area contributed by atoms with Gasteiger partial charge in [-0.15, -0.1) is 0 Å². The summed E-state index contributed by atoms with van der Waals surface area (Å²) in [5, 5.41) is 15.5. The quantitative estimate of drug-likeness (QED) is 0.581. The molecule has 4 rings (SSSR count). The van der Waals surface area contributed by atoms with Gasteiger partial charge in [-0.3, -0.25) is 19.3 Å². The van der Waals surface area contributed by atoms with Gasteiger partial charge in [0, 0.05) is 13.1 Å². The predicted octanol–water partition coefficient (Wildman–Crippen LogP) is 2.10. The minimum absolute atomic E-state index is 0.278. The maximum absolute atomic E-state index is 13.5. The van der Waals surface area contributed by atoms with Gasteiger partial charge in [0.25, 0.3) is 0 Å². The van der Waals surface area contributed by atoms with Crippen LogP contribution < -0.4 is 15.5 Å². The van der Waals surface area contributed by atoms with Crippen molar-refractivity contribution in [2.75, 3.05) is 31.2 Å². The Bertz CT molecular complexity index is 993. The number of imide groups is 1. The third-order valence-corrected chi connectivity index (χ3v) is 7.20. The van der Waals surface area contributed by atoms with Crippen LogP contribution in [-0.2, 0) is 19.1 Å². The number of nitrogens with zero attached hydrogens (tertiary/aromatic N) is 3.